The van der Waals surface area contributed by atoms with Gasteiger partial charge in [0, 0.05) is 42.0 Å². The van der Waals surface area contributed by atoms with Crippen molar-refractivity contribution in [2.24, 2.45) is 5.92 Å². The van der Waals surface area contributed by atoms with Crippen molar-refractivity contribution in [3.05, 3.63) is 60.2 Å². The van der Waals surface area contributed by atoms with Gasteiger partial charge in [-0.3, -0.25) is 9.59 Å². The second-order valence-corrected chi connectivity index (χ2v) is 7.75. The lowest BCUT2D eigenvalue weighted by molar-refractivity contribution is -0.135. The second kappa shape index (κ2) is 9.91. The molecule has 4 amide bonds. The molecule has 0 spiro atoms. The smallest absolute Gasteiger partial charge is 0.323 e. The number of nitrogens with zero attached hydrogens (tertiary/aromatic N) is 1. The van der Waals surface area contributed by atoms with E-state index in [0.717, 1.165) is 12.8 Å². The van der Waals surface area contributed by atoms with Gasteiger partial charge in [0.25, 0.3) is 5.91 Å². The summed E-state index contributed by atoms with van der Waals surface area (Å²) in [6.07, 6.45) is 1.51. The summed E-state index contributed by atoms with van der Waals surface area (Å²) in [6.45, 7) is 5.14. The SMILES string of the molecule is CC(C)C(=O)N1CCC(NC(=O)c2ccc(NC(=O)Nc3ccccc3)cc2)CC1. The number of anilines is 2. The molecule has 0 radical (unpaired) electrons. The van der Waals surface area contributed by atoms with Gasteiger partial charge in [-0.15, -0.1) is 0 Å². The molecule has 7 nitrogen and oxygen atoms in total. The number of nitrogens with one attached hydrogen (secondary N) is 3. The molecule has 1 aliphatic heterocycles. The van der Waals surface area contributed by atoms with Crippen LogP contribution in [-0.2, 0) is 4.79 Å². The number of piperidine rings is 1. The molecule has 3 N–H and O–H groups in total. The van der Waals surface area contributed by atoms with Crippen LogP contribution in [0.1, 0.15) is 37.0 Å². The van der Waals surface area contributed by atoms with E-state index in [-0.39, 0.29) is 29.8 Å². The minimum Gasteiger partial charge on any atom is -0.349 e. The van der Waals surface area contributed by atoms with Gasteiger partial charge < -0.3 is 20.9 Å². The lowest BCUT2D eigenvalue weighted by Gasteiger charge is -2.33. The molecule has 3 rings (SSSR count). The van der Waals surface area contributed by atoms with Gasteiger partial charge in [0.15, 0.2) is 0 Å². The van der Waals surface area contributed by atoms with E-state index in [4.69, 9.17) is 0 Å². The van der Waals surface area contributed by atoms with E-state index in [2.05, 4.69) is 16.0 Å². The molecule has 1 aliphatic rings. The number of hydrogen-bond acceptors (Lipinski definition) is 3. The summed E-state index contributed by atoms with van der Waals surface area (Å²) < 4.78 is 0. The Morgan fingerprint density at radius 3 is 2.00 bits per heavy atom. The van der Waals surface area contributed by atoms with Crippen LogP contribution in [0.15, 0.2) is 54.6 Å². The second-order valence-electron chi connectivity index (χ2n) is 7.75. The van der Waals surface area contributed by atoms with Crippen LogP contribution in [0.25, 0.3) is 0 Å². The summed E-state index contributed by atoms with van der Waals surface area (Å²) in [4.78, 5) is 38.5. The fraction of sp³-hybridized carbons (Fsp3) is 0.348. The number of rotatable bonds is 5. The van der Waals surface area contributed by atoms with E-state index in [1.54, 1.807) is 36.4 Å². The van der Waals surface area contributed by atoms with E-state index < -0.39 is 0 Å². The Balaban J connectivity index is 1.47. The lowest BCUT2D eigenvalue weighted by Crippen LogP contribution is -2.47. The first-order chi connectivity index (χ1) is 14.4. The van der Waals surface area contributed by atoms with Crippen LogP contribution in [0.5, 0.6) is 0 Å². The number of urea groups is 1. The standard InChI is InChI=1S/C23H28N4O3/c1-16(2)22(29)27-14-12-20(13-15-27)24-21(28)17-8-10-19(11-9-17)26-23(30)25-18-6-4-3-5-7-18/h3-11,16,20H,12-15H2,1-2H3,(H,24,28)(H2,25,26,30). The molecular formula is C23H28N4O3. The van der Waals surface area contributed by atoms with Gasteiger partial charge >= 0.3 is 6.03 Å². The Labute approximate surface area is 176 Å². The van der Waals surface area contributed by atoms with Crippen LogP contribution in [-0.4, -0.2) is 41.9 Å². The summed E-state index contributed by atoms with van der Waals surface area (Å²) in [5.74, 6) is 0.0149. The highest BCUT2D eigenvalue weighted by molar-refractivity contribution is 6.00. The van der Waals surface area contributed by atoms with Crippen LogP contribution in [0.4, 0.5) is 16.2 Å². The maximum atomic E-state index is 12.5. The summed E-state index contributed by atoms with van der Waals surface area (Å²) in [5.41, 5.74) is 1.83. The highest BCUT2D eigenvalue weighted by Crippen LogP contribution is 2.15. The van der Waals surface area contributed by atoms with Crippen LogP contribution in [0.2, 0.25) is 0 Å². The minimum absolute atomic E-state index is 0.00182. The Morgan fingerprint density at radius 2 is 1.43 bits per heavy atom. The van der Waals surface area contributed by atoms with Crippen molar-refractivity contribution >= 4 is 29.2 Å². The van der Waals surface area contributed by atoms with Crippen molar-refractivity contribution in [1.82, 2.24) is 10.2 Å². The molecule has 0 bridgehead atoms. The highest BCUT2D eigenvalue weighted by Gasteiger charge is 2.25. The summed E-state index contributed by atoms with van der Waals surface area (Å²) in [7, 11) is 0. The maximum absolute atomic E-state index is 12.5. The molecule has 2 aromatic carbocycles. The molecule has 7 heteroatoms. The van der Waals surface area contributed by atoms with Gasteiger partial charge in [0.1, 0.15) is 0 Å². The average Bonchev–Trinajstić information content (AvgIpc) is 2.75. The molecule has 0 unspecified atom stereocenters. The molecule has 30 heavy (non-hydrogen) atoms. The third kappa shape index (κ3) is 5.83. The van der Waals surface area contributed by atoms with E-state index >= 15 is 0 Å². The van der Waals surface area contributed by atoms with E-state index in [1.165, 1.54) is 0 Å². The Morgan fingerprint density at radius 1 is 0.867 bits per heavy atom. The highest BCUT2D eigenvalue weighted by atomic mass is 16.2. The van der Waals surface area contributed by atoms with E-state index in [1.807, 2.05) is 36.9 Å². The molecule has 2 aromatic rings. The predicted octanol–water partition coefficient (Wildman–Crippen LogP) is 3.71. The van der Waals surface area contributed by atoms with Crippen LogP contribution >= 0.6 is 0 Å². The van der Waals surface area contributed by atoms with Crippen molar-refractivity contribution in [1.29, 1.82) is 0 Å². The van der Waals surface area contributed by atoms with Gasteiger partial charge in [0.2, 0.25) is 5.91 Å². The summed E-state index contributed by atoms with van der Waals surface area (Å²) in [6, 6.07) is 15.6. The third-order valence-corrected chi connectivity index (χ3v) is 5.07. The number of hydrogen-bond donors (Lipinski definition) is 3. The molecule has 0 aliphatic carbocycles. The Bertz CT molecular complexity index is 873. The summed E-state index contributed by atoms with van der Waals surface area (Å²) in [5, 5.41) is 8.53. The van der Waals surface area contributed by atoms with Crippen LogP contribution < -0.4 is 16.0 Å². The first kappa shape index (κ1) is 21.4. The first-order valence-corrected chi connectivity index (χ1v) is 10.2. The minimum atomic E-state index is -0.346. The number of amides is 4. The van der Waals surface area contributed by atoms with Crippen LogP contribution in [0, 0.1) is 5.92 Å². The Kier molecular flexibility index (Phi) is 7.06. The van der Waals surface area contributed by atoms with Crippen molar-refractivity contribution < 1.29 is 14.4 Å². The van der Waals surface area contributed by atoms with E-state index in [0.29, 0.717) is 30.0 Å². The lowest BCUT2D eigenvalue weighted by atomic mass is 10.0. The molecule has 1 heterocycles. The van der Waals surface area contributed by atoms with Crippen LogP contribution in [0.3, 0.4) is 0 Å². The average molecular weight is 409 g/mol. The molecule has 0 aromatic heterocycles. The molecule has 0 saturated carbocycles. The van der Waals surface area contributed by atoms with Gasteiger partial charge in [-0.25, -0.2) is 4.79 Å². The van der Waals surface area contributed by atoms with Crippen molar-refractivity contribution in [3.63, 3.8) is 0 Å². The molecular weight excluding hydrogens is 380 g/mol. The van der Waals surface area contributed by atoms with Crippen molar-refractivity contribution in [3.8, 4) is 0 Å². The van der Waals surface area contributed by atoms with E-state index in [9.17, 15) is 14.4 Å². The molecule has 1 saturated heterocycles. The first-order valence-electron chi connectivity index (χ1n) is 10.2. The molecule has 0 atom stereocenters. The third-order valence-electron chi connectivity index (χ3n) is 5.07. The topological polar surface area (TPSA) is 90.5 Å². The Hall–Kier alpha value is -3.35. The normalized spacial score (nSPS) is 14.3. The fourth-order valence-electron chi connectivity index (χ4n) is 3.40. The zero-order chi connectivity index (χ0) is 21.5. The van der Waals surface area contributed by atoms with Gasteiger partial charge in [-0.1, -0.05) is 32.0 Å². The molecule has 158 valence electrons. The number of benzene rings is 2. The quantitative estimate of drug-likeness (QED) is 0.704. The van der Waals surface area contributed by atoms with Crippen molar-refractivity contribution in [2.45, 2.75) is 32.7 Å². The summed E-state index contributed by atoms with van der Waals surface area (Å²) >= 11 is 0. The van der Waals surface area contributed by atoms with Gasteiger partial charge in [-0.05, 0) is 49.2 Å². The molecule has 1 fully saturated rings. The number of para-hydroxylation sites is 1. The predicted molar refractivity (Wildman–Crippen MR) is 117 cm³/mol. The maximum Gasteiger partial charge on any atom is 0.323 e. The van der Waals surface area contributed by atoms with Gasteiger partial charge in [-0.2, -0.15) is 0 Å². The zero-order valence-corrected chi connectivity index (χ0v) is 17.4. The van der Waals surface area contributed by atoms with Crippen molar-refractivity contribution in [2.75, 3.05) is 23.7 Å². The zero-order valence-electron chi connectivity index (χ0n) is 17.4. The largest absolute Gasteiger partial charge is 0.349 e. The number of likely N-dealkylation sites (tertiary alicyclic amines) is 1. The number of carbonyl (C=O) groups excluding carboxylic acids is 3. The van der Waals surface area contributed by atoms with Gasteiger partial charge in [0.05, 0.1) is 0 Å². The number of carbonyl (C=O) groups is 3. The monoisotopic (exact) mass is 408 g/mol. The fourth-order valence-corrected chi connectivity index (χ4v) is 3.40.